The van der Waals surface area contributed by atoms with Crippen LogP contribution < -0.4 is 0 Å². The highest BCUT2D eigenvalue weighted by atomic mass is 14.7. The lowest BCUT2D eigenvalue weighted by Gasteiger charge is -2.23. The summed E-state index contributed by atoms with van der Waals surface area (Å²) in [5.74, 6) is 0. The number of benzene rings is 7. The molecule has 0 N–H and O–H groups in total. The van der Waals surface area contributed by atoms with E-state index in [1.54, 1.807) is 0 Å². The van der Waals surface area contributed by atoms with Crippen molar-refractivity contribution in [3.8, 4) is 44.6 Å². The lowest BCUT2D eigenvalue weighted by Crippen LogP contribution is -2.15. The largest absolute Gasteiger partial charge is 0.256 e. The molecule has 1 aliphatic rings. The summed E-state index contributed by atoms with van der Waals surface area (Å²) in [5, 5.41) is 7.56. The predicted octanol–water partition coefficient (Wildman–Crippen LogP) is 11.8. The molecule has 0 spiro atoms. The molecule has 0 aliphatic heterocycles. The highest BCUT2D eigenvalue weighted by molar-refractivity contribution is 6.21. The van der Waals surface area contributed by atoms with Crippen molar-refractivity contribution in [2.75, 3.05) is 0 Å². The SMILES string of the molecule is CC1(C)c2ccccc2-c2c1cc(-c1ccc(-c3c4ccccc4c(-c4ccccn4)c4ccccc34)cc1)c1ccccc21. The predicted molar refractivity (Wildman–Crippen MR) is 191 cm³/mol. The first-order valence-electron chi connectivity index (χ1n) is 15.7. The van der Waals surface area contributed by atoms with Crippen molar-refractivity contribution in [1.82, 2.24) is 4.98 Å². The van der Waals surface area contributed by atoms with Gasteiger partial charge in [-0.3, -0.25) is 4.98 Å². The fraction of sp³-hybridized carbons (Fsp3) is 0.0682. The highest BCUT2D eigenvalue weighted by Crippen LogP contribution is 2.53. The Morgan fingerprint density at radius 1 is 0.400 bits per heavy atom. The zero-order valence-corrected chi connectivity index (χ0v) is 25.4. The van der Waals surface area contributed by atoms with Crippen molar-refractivity contribution in [3.05, 3.63) is 163 Å². The number of fused-ring (bicyclic) bond motifs is 7. The Morgan fingerprint density at radius 2 is 0.911 bits per heavy atom. The van der Waals surface area contributed by atoms with Crippen molar-refractivity contribution in [2.24, 2.45) is 0 Å². The quantitative estimate of drug-likeness (QED) is 0.192. The second kappa shape index (κ2) is 9.74. The molecule has 45 heavy (non-hydrogen) atoms. The van der Waals surface area contributed by atoms with Crippen LogP contribution in [0.15, 0.2) is 152 Å². The van der Waals surface area contributed by atoms with E-state index in [0.29, 0.717) is 0 Å². The first-order chi connectivity index (χ1) is 22.1. The molecule has 9 rings (SSSR count). The summed E-state index contributed by atoms with van der Waals surface area (Å²) in [4.78, 5) is 4.77. The molecule has 8 aromatic rings. The van der Waals surface area contributed by atoms with Gasteiger partial charge in [0.25, 0.3) is 0 Å². The first kappa shape index (κ1) is 25.9. The first-order valence-corrected chi connectivity index (χ1v) is 15.7. The second-order valence-corrected chi connectivity index (χ2v) is 12.7. The fourth-order valence-electron chi connectivity index (χ4n) is 7.83. The molecule has 0 radical (unpaired) electrons. The molecule has 1 heteroatoms. The average Bonchev–Trinajstić information content (AvgIpc) is 3.33. The van der Waals surface area contributed by atoms with Gasteiger partial charge in [-0.2, -0.15) is 0 Å². The van der Waals surface area contributed by atoms with Gasteiger partial charge in [-0.15, -0.1) is 0 Å². The lowest BCUT2D eigenvalue weighted by atomic mass is 9.80. The van der Waals surface area contributed by atoms with E-state index in [0.717, 1.165) is 5.69 Å². The minimum Gasteiger partial charge on any atom is -0.256 e. The van der Waals surface area contributed by atoms with Gasteiger partial charge in [-0.1, -0.05) is 141 Å². The summed E-state index contributed by atoms with van der Waals surface area (Å²) in [6, 6.07) is 53.3. The summed E-state index contributed by atoms with van der Waals surface area (Å²) < 4.78 is 0. The molecule has 0 amide bonds. The van der Waals surface area contributed by atoms with Gasteiger partial charge < -0.3 is 0 Å². The zero-order chi connectivity index (χ0) is 30.1. The Morgan fingerprint density at radius 3 is 1.53 bits per heavy atom. The monoisotopic (exact) mass is 573 g/mol. The molecule has 0 atom stereocenters. The third kappa shape index (κ3) is 3.77. The van der Waals surface area contributed by atoms with Crippen LogP contribution in [0.1, 0.15) is 25.0 Å². The van der Waals surface area contributed by atoms with Crippen molar-refractivity contribution >= 4 is 32.3 Å². The zero-order valence-electron chi connectivity index (χ0n) is 25.4. The van der Waals surface area contributed by atoms with E-state index >= 15 is 0 Å². The maximum Gasteiger partial charge on any atom is 0.0714 e. The molecule has 0 unspecified atom stereocenters. The van der Waals surface area contributed by atoms with Gasteiger partial charge in [0.05, 0.1) is 5.69 Å². The van der Waals surface area contributed by atoms with E-state index in [9.17, 15) is 0 Å². The van der Waals surface area contributed by atoms with Gasteiger partial charge in [0.1, 0.15) is 0 Å². The van der Waals surface area contributed by atoms with E-state index in [1.165, 1.54) is 82.4 Å². The van der Waals surface area contributed by atoms with Gasteiger partial charge in [0, 0.05) is 17.2 Å². The maximum atomic E-state index is 4.77. The minimum absolute atomic E-state index is 0.0577. The van der Waals surface area contributed by atoms with E-state index in [1.807, 2.05) is 12.3 Å². The van der Waals surface area contributed by atoms with Crippen molar-refractivity contribution in [1.29, 1.82) is 0 Å². The van der Waals surface area contributed by atoms with E-state index in [4.69, 9.17) is 4.98 Å². The highest BCUT2D eigenvalue weighted by Gasteiger charge is 2.36. The van der Waals surface area contributed by atoms with Gasteiger partial charge >= 0.3 is 0 Å². The van der Waals surface area contributed by atoms with Crippen LogP contribution in [0, 0.1) is 0 Å². The molecule has 0 saturated heterocycles. The second-order valence-electron chi connectivity index (χ2n) is 12.7. The Balaban J connectivity index is 1.26. The molecule has 212 valence electrons. The Kier molecular flexibility index (Phi) is 5.61. The van der Waals surface area contributed by atoms with Crippen LogP contribution in [-0.4, -0.2) is 4.98 Å². The maximum absolute atomic E-state index is 4.77. The lowest BCUT2D eigenvalue weighted by molar-refractivity contribution is 0.661. The number of nitrogens with zero attached hydrogens (tertiary/aromatic N) is 1. The topological polar surface area (TPSA) is 12.9 Å². The van der Waals surface area contributed by atoms with Gasteiger partial charge in [0.15, 0.2) is 0 Å². The van der Waals surface area contributed by atoms with Gasteiger partial charge in [-0.05, 0) is 95.0 Å². The molecule has 0 fully saturated rings. The Hall–Kier alpha value is -5.53. The van der Waals surface area contributed by atoms with Gasteiger partial charge in [0.2, 0.25) is 0 Å². The molecule has 1 heterocycles. The van der Waals surface area contributed by atoms with E-state index < -0.39 is 0 Å². The standard InChI is InChI=1S/C44H31N/c1-44(2)38-20-10-9-19-36(38)42-31-14-4-3-13-30(31)37(27-39(42)44)28-22-24-29(25-23-28)41-32-15-5-7-17-34(32)43(40-21-11-12-26-45-40)35-18-8-6-16-33(35)41/h3-27H,1-2H3. The van der Waals surface area contributed by atoms with Crippen LogP contribution in [0.5, 0.6) is 0 Å². The summed E-state index contributed by atoms with van der Waals surface area (Å²) in [5.41, 5.74) is 12.7. The van der Waals surface area contributed by atoms with Gasteiger partial charge in [-0.25, -0.2) is 0 Å². The van der Waals surface area contributed by atoms with Crippen LogP contribution in [0.2, 0.25) is 0 Å². The average molecular weight is 574 g/mol. The number of hydrogen-bond donors (Lipinski definition) is 0. The molecule has 1 aliphatic carbocycles. The van der Waals surface area contributed by atoms with Crippen LogP contribution in [-0.2, 0) is 5.41 Å². The van der Waals surface area contributed by atoms with Crippen LogP contribution >= 0.6 is 0 Å². The summed E-state index contributed by atoms with van der Waals surface area (Å²) >= 11 is 0. The molecular formula is C44H31N. The van der Waals surface area contributed by atoms with Crippen LogP contribution in [0.3, 0.4) is 0 Å². The van der Waals surface area contributed by atoms with Crippen LogP contribution in [0.4, 0.5) is 0 Å². The smallest absolute Gasteiger partial charge is 0.0714 e. The summed E-state index contributed by atoms with van der Waals surface area (Å²) in [7, 11) is 0. The summed E-state index contributed by atoms with van der Waals surface area (Å²) in [6.07, 6.45) is 1.88. The number of aromatic nitrogens is 1. The molecule has 0 saturated carbocycles. The molecule has 1 nitrogen and oxygen atoms in total. The molecular weight excluding hydrogens is 542 g/mol. The minimum atomic E-state index is -0.0577. The fourth-order valence-corrected chi connectivity index (χ4v) is 7.83. The Bertz CT molecular complexity index is 2380. The number of hydrogen-bond acceptors (Lipinski definition) is 1. The third-order valence-electron chi connectivity index (χ3n) is 9.92. The molecule has 7 aromatic carbocycles. The third-order valence-corrected chi connectivity index (χ3v) is 9.92. The number of pyridine rings is 1. The molecule has 1 aromatic heterocycles. The number of rotatable bonds is 3. The van der Waals surface area contributed by atoms with Crippen molar-refractivity contribution in [3.63, 3.8) is 0 Å². The molecule has 0 bridgehead atoms. The van der Waals surface area contributed by atoms with E-state index in [-0.39, 0.29) is 5.41 Å². The van der Waals surface area contributed by atoms with Crippen LogP contribution in [0.25, 0.3) is 77.0 Å². The van der Waals surface area contributed by atoms with E-state index in [2.05, 4.69) is 153 Å². The van der Waals surface area contributed by atoms with Crippen molar-refractivity contribution < 1.29 is 0 Å². The van der Waals surface area contributed by atoms with Crippen molar-refractivity contribution in [2.45, 2.75) is 19.3 Å². The normalized spacial score (nSPS) is 13.3. The Labute approximate surface area is 263 Å². The summed E-state index contributed by atoms with van der Waals surface area (Å²) in [6.45, 7) is 4.73.